The topological polar surface area (TPSA) is 9.23 Å². The third kappa shape index (κ3) is 2.69. The number of hydrogen-bond donors (Lipinski definition) is 0. The van der Waals surface area contributed by atoms with E-state index in [2.05, 4.69) is 0 Å². The van der Waals surface area contributed by atoms with Crippen LogP contribution in [0.25, 0.3) is 0 Å². The molecule has 0 aromatic heterocycles. The van der Waals surface area contributed by atoms with Gasteiger partial charge in [-0.2, -0.15) is 0 Å². The van der Waals surface area contributed by atoms with Crippen molar-refractivity contribution in [2.75, 3.05) is 0 Å². The van der Waals surface area contributed by atoms with Crippen molar-refractivity contribution < 1.29 is 4.74 Å². The van der Waals surface area contributed by atoms with E-state index < -0.39 is 0 Å². The largest absolute Gasteiger partial charge is 0.457 e. The lowest BCUT2D eigenvalue weighted by molar-refractivity contribution is 0.478. The van der Waals surface area contributed by atoms with Gasteiger partial charge in [0.2, 0.25) is 0 Å². The SMILES string of the molecule is ClCc1ccc(Cl)cc1Oc1ccccc1. The molecule has 0 saturated heterocycles. The Morgan fingerprint density at radius 3 is 2.44 bits per heavy atom. The van der Waals surface area contributed by atoms with Crippen LogP contribution in [0.15, 0.2) is 48.5 Å². The lowest BCUT2D eigenvalue weighted by Crippen LogP contribution is -1.89. The molecule has 1 nitrogen and oxygen atoms in total. The quantitative estimate of drug-likeness (QED) is 0.709. The first kappa shape index (κ1) is 11.3. The van der Waals surface area contributed by atoms with E-state index in [1.807, 2.05) is 36.4 Å². The maximum absolute atomic E-state index is 5.92. The Morgan fingerprint density at radius 2 is 1.75 bits per heavy atom. The van der Waals surface area contributed by atoms with Gasteiger partial charge in [-0.25, -0.2) is 0 Å². The van der Waals surface area contributed by atoms with Crippen LogP contribution in [0, 0.1) is 0 Å². The molecule has 0 saturated carbocycles. The highest BCUT2D eigenvalue weighted by Gasteiger charge is 2.04. The molecule has 2 rings (SSSR count). The summed E-state index contributed by atoms with van der Waals surface area (Å²) in [6.45, 7) is 0. The molecule has 3 heteroatoms. The van der Waals surface area contributed by atoms with Crippen molar-refractivity contribution in [1.29, 1.82) is 0 Å². The Hall–Kier alpha value is -1.18. The van der Waals surface area contributed by atoms with Gasteiger partial charge in [0.05, 0.1) is 5.88 Å². The third-order valence-electron chi connectivity index (χ3n) is 2.14. The lowest BCUT2D eigenvalue weighted by Gasteiger charge is -2.09. The van der Waals surface area contributed by atoms with Gasteiger partial charge in [-0.3, -0.25) is 0 Å². The Morgan fingerprint density at radius 1 is 1.00 bits per heavy atom. The van der Waals surface area contributed by atoms with Crippen molar-refractivity contribution in [3.8, 4) is 11.5 Å². The molecule has 82 valence electrons. The summed E-state index contributed by atoms with van der Waals surface area (Å²) in [6.07, 6.45) is 0. The first-order valence-electron chi connectivity index (χ1n) is 4.87. The third-order valence-corrected chi connectivity index (χ3v) is 2.67. The second kappa shape index (κ2) is 5.24. The molecule has 0 N–H and O–H groups in total. The van der Waals surface area contributed by atoms with Gasteiger partial charge < -0.3 is 4.74 Å². The van der Waals surface area contributed by atoms with Crippen molar-refractivity contribution in [3.63, 3.8) is 0 Å². The minimum Gasteiger partial charge on any atom is -0.457 e. The van der Waals surface area contributed by atoms with E-state index in [4.69, 9.17) is 27.9 Å². The van der Waals surface area contributed by atoms with Crippen LogP contribution in [-0.4, -0.2) is 0 Å². The zero-order valence-electron chi connectivity index (χ0n) is 8.49. The molecule has 0 bridgehead atoms. The molecule has 0 spiro atoms. The first-order valence-corrected chi connectivity index (χ1v) is 5.78. The number of ether oxygens (including phenoxy) is 1. The minimum atomic E-state index is 0.402. The highest BCUT2D eigenvalue weighted by atomic mass is 35.5. The fourth-order valence-electron chi connectivity index (χ4n) is 1.35. The Bertz CT molecular complexity index is 469. The van der Waals surface area contributed by atoms with Crippen molar-refractivity contribution in [1.82, 2.24) is 0 Å². The van der Waals surface area contributed by atoms with E-state index in [1.165, 1.54) is 0 Å². The molecule has 0 aliphatic heterocycles. The summed E-state index contributed by atoms with van der Waals surface area (Å²) in [5.74, 6) is 1.88. The fraction of sp³-hybridized carbons (Fsp3) is 0.0769. The molecule has 0 aliphatic carbocycles. The predicted octanol–water partition coefficient (Wildman–Crippen LogP) is 4.87. The number of halogens is 2. The van der Waals surface area contributed by atoms with E-state index in [9.17, 15) is 0 Å². The Labute approximate surface area is 105 Å². The molecule has 2 aromatic carbocycles. The maximum Gasteiger partial charge on any atom is 0.133 e. The molecule has 0 amide bonds. The molecule has 0 radical (unpaired) electrons. The molecule has 0 fully saturated rings. The van der Waals surface area contributed by atoms with E-state index in [0.29, 0.717) is 16.7 Å². The van der Waals surface area contributed by atoms with Gasteiger partial charge in [0, 0.05) is 10.6 Å². The van der Waals surface area contributed by atoms with Crippen LogP contribution in [0.5, 0.6) is 11.5 Å². The standard InChI is InChI=1S/C13H10Cl2O/c14-9-10-6-7-11(15)8-13(10)16-12-4-2-1-3-5-12/h1-8H,9H2. The van der Waals surface area contributed by atoms with Gasteiger partial charge in [-0.1, -0.05) is 35.9 Å². The van der Waals surface area contributed by atoms with Crippen LogP contribution in [0.4, 0.5) is 0 Å². The Kier molecular flexibility index (Phi) is 3.70. The summed E-state index contributed by atoms with van der Waals surface area (Å²) >= 11 is 11.7. The molecule has 0 unspecified atom stereocenters. The average Bonchev–Trinajstić information content (AvgIpc) is 2.31. The van der Waals surface area contributed by atoms with Crippen molar-refractivity contribution in [2.24, 2.45) is 0 Å². The summed E-state index contributed by atoms with van der Waals surface area (Å²) in [7, 11) is 0. The van der Waals surface area contributed by atoms with Crippen molar-refractivity contribution >= 4 is 23.2 Å². The van der Waals surface area contributed by atoms with E-state index >= 15 is 0 Å². The summed E-state index contributed by atoms with van der Waals surface area (Å²) in [5, 5.41) is 0.639. The van der Waals surface area contributed by atoms with E-state index in [-0.39, 0.29) is 0 Å². The lowest BCUT2D eigenvalue weighted by atomic mass is 10.2. The van der Waals surface area contributed by atoms with Crippen molar-refractivity contribution in [2.45, 2.75) is 5.88 Å². The predicted molar refractivity (Wildman–Crippen MR) is 67.5 cm³/mol. The Balaban J connectivity index is 2.30. The maximum atomic E-state index is 5.92. The number of alkyl halides is 1. The minimum absolute atomic E-state index is 0.402. The number of hydrogen-bond acceptors (Lipinski definition) is 1. The molecular formula is C13H10Cl2O. The van der Waals surface area contributed by atoms with Gasteiger partial charge >= 0.3 is 0 Å². The van der Waals surface area contributed by atoms with E-state index in [1.54, 1.807) is 12.1 Å². The van der Waals surface area contributed by atoms with Crippen LogP contribution in [0.3, 0.4) is 0 Å². The molecule has 16 heavy (non-hydrogen) atoms. The number of para-hydroxylation sites is 1. The zero-order chi connectivity index (χ0) is 11.4. The molecule has 0 atom stereocenters. The summed E-state index contributed by atoms with van der Waals surface area (Å²) < 4.78 is 5.71. The smallest absolute Gasteiger partial charge is 0.133 e. The fourth-order valence-corrected chi connectivity index (χ4v) is 1.73. The van der Waals surface area contributed by atoms with Crippen LogP contribution in [0.1, 0.15) is 5.56 Å². The van der Waals surface area contributed by atoms with Gasteiger partial charge in [0.15, 0.2) is 0 Å². The molecule has 0 heterocycles. The van der Waals surface area contributed by atoms with Crippen LogP contribution in [-0.2, 0) is 5.88 Å². The number of rotatable bonds is 3. The van der Waals surface area contributed by atoms with Crippen LogP contribution >= 0.6 is 23.2 Å². The summed E-state index contributed by atoms with van der Waals surface area (Å²) in [6, 6.07) is 15.0. The monoisotopic (exact) mass is 252 g/mol. The van der Waals surface area contributed by atoms with Gasteiger partial charge in [0.1, 0.15) is 11.5 Å². The molecule has 2 aromatic rings. The normalized spacial score (nSPS) is 10.1. The summed E-state index contributed by atoms with van der Waals surface area (Å²) in [4.78, 5) is 0. The van der Waals surface area contributed by atoms with Gasteiger partial charge in [-0.15, -0.1) is 11.6 Å². The van der Waals surface area contributed by atoms with Crippen LogP contribution < -0.4 is 4.74 Å². The second-order valence-corrected chi connectivity index (χ2v) is 4.00. The highest BCUT2D eigenvalue weighted by Crippen LogP contribution is 2.29. The van der Waals surface area contributed by atoms with Crippen LogP contribution in [0.2, 0.25) is 5.02 Å². The summed E-state index contributed by atoms with van der Waals surface area (Å²) in [5.41, 5.74) is 0.926. The first-order chi connectivity index (χ1) is 7.79. The zero-order valence-corrected chi connectivity index (χ0v) is 10.0. The highest BCUT2D eigenvalue weighted by molar-refractivity contribution is 6.30. The van der Waals surface area contributed by atoms with Crippen molar-refractivity contribution in [3.05, 3.63) is 59.1 Å². The van der Waals surface area contributed by atoms with Gasteiger partial charge in [0.25, 0.3) is 0 Å². The molecule has 0 aliphatic rings. The second-order valence-electron chi connectivity index (χ2n) is 3.30. The number of benzene rings is 2. The average molecular weight is 253 g/mol. The van der Waals surface area contributed by atoms with E-state index in [0.717, 1.165) is 11.3 Å². The molecular weight excluding hydrogens is 243 g/mol. The van der Waals surface area contributed by atoms with Gasteiger partial charge in [-0.05, 0) is 24.3 Å².